The topological polar surface area (TPSA) is 54.4 Å². The van der Waals surface area contributed by atoms with E-state index in [-0.39, 0.29) is 28.4 Å². The number of carboxylic acid groups (broad SMARTS) is 1. The molecule has 132 valence electrons. The lowest BCUT2D eigenvalue weighted by atomic mass is 9.55. The second-order valence-electron chi connectivity index (χ2n) is 8.67. The van der Waals surface area contributed by atoms with E-state index in [0.717, 1.165) is 31.3 Å². The highest BCUT2D eigenvalue weighted by atomic mass is 16.4. The molecule has 0 heterocycles. The number of aliphatic carboxylic acids is 1. The maximum Gasteiger partial charge on any atom is 0.306 e. The van der Waals surface area contributed by atoms with E-state index in [1.807, 2.05) is 6.92 Å². The van der Waals surface area contributed by atoms with Gasteiger partial charge >= 0.3 is 5.97 Å². The minimum atomic E-state index is -0.670. The van der Waals surface area contributed by atoms with Gasteiger partial charge in [-0.2, -0.15) is 0 Å². The molecule has 1 N–H and O–H groups in total. The van der Waals surface area contributed by atoms with Crippen LogP contribution in [0.15, 0.2) is 47.1 Å². The largest absolute Gasteiger partial charge is 0.481 e. The van der Waals surface area contributed by atoms with Crippen LogP contribution in [0.5, 0.6) is 0 Å². The summed E-state index contributed by atoms with van der Waals surface area (Å²) in [5.41, 5.74) is 3.84. The van der Waals surface area contributed by atoms with Crippen molar-refractivity contribution in [1.29, 1.82) is 0 Å². The highest BCUT2D eigenvalue weighted by Gasteiger charge is 2.54. The molecule has 0 saturated heterocycles. The maximum atomic E-state index is 11.8. The first-order valence-corrected chi connectivity index (χ1v) is 9.37. The van der Waals surface area contributed by atoms with Crippen molar-refractivity contribution in [3.63, 3.8) is 0 Å². The molecule has 0 aliphatic heterocycles. The Hall–Kier alpha value is -1.90. The number of rotatable bonds is 2. The molecule has 25 heavy (non-hydrogen) atoms. The Morgan fingerprint density at radius 2 is 2.00 bits per heavy atom. The van der Waals surface area contributed by atoms with E-state index in [9.17, 15) is 14.7 Å². The highest BCUT2D eigenvalue weighted by Crippen LogP contribution is 2.63. The van der Waals surface area contributed by atoms with Gasteiger partial charge in [0.05, 0.1) is 5.92 Å². The Morgan fingerprint density at radius 3 is 2.72 bits per heavy atom. The van der Waals surface area contributed by atoms with Crippen LogP contribution in [-0.4, -0.2) is 16.9 Å². The first-order chi connectivity index (χ1) is 11.8. The van der Waals surface area contributed by atoms with Crippen molar-refractivity contribution in [2.45, 2.75) is 46.5 Å². The second kappa shape index (κ2) is 5.30. The lowest BCUT2D eigenvalue weighted by Crippen LogP contribution is -2.40. The smallest absolute Gasteiger partial charge is 0.306 e. The van der Waals surface area contributed by atoms with Gasteiger partial charge < -0.3 is 5.11 Å². The van der Waals surface area contributed by atoms with Crippen LogP contribution >= 0.6 is 0 Å². The molecule has 0 aromatic rings. The Bertz CT molecular complexity index is 781. The molecule has 3 nitrogen and oxygen atoms in total. The molecule has 1 saturated carbocycles. The minimum Gasteiger partial charge on any atom is -0.481 e. The van der Waals surface area contributed by atoms with E-state index in [4.69, 9.17) is 0 Å². The molecular weight excluding hydrogens is 312 g/mol. The van der Waals surface area contributed by atoms with Gasteiger partial charge in [0.15, 0.2) is 5.78 Å². The molecule has 1 fully saturated rings. The molecule has 0 bridgehead atoms. The summed E-state index contributed by atoms with van der Waals surface area (Å²) < 4.78 is 0. The average Bonchev–Trinajstić information content (AvgIpc) is 2.92. The highest BCUT2D eigenvalue weighted by molar-refractivity contribution is 6.02. The molecule has 5 atom stereocenters. The molecule has 4 aliphatic rings. The second-order valence-corrected chi connectivity index (χ2v) is 8.67. The predicted molar refractivity (Wildman–Crippen MR) is 96.9 cm³/mol. The maximum absolute atomic E-state index is 11.8. The number of carbonyl (C=O) groups is 2. The van der Waals surface area contributed by atoms with Crippen molar-refractivity contribution in [2.24, 2.45) is 28.6 Å². The molecule has 4 aliphatic carbocycles. The van der Waals surface area contributed by atoms with Crippen molar-refractivity contribution in [3.05, 3.63) is 47.1 Å². The van der Waals surface area contributed by atoms with Crippen molar-refractivity contribution < 1.29 is 14.7 Å². The number of carbonyl (C=O) groups excluding carboxylic acids is 1. The van der Waals surface area contributed by atoms with Crippen LogP contribution in [0.3, 0.4) is 0 Å². The number of fused-ring (bicyclic) bond motifs is 4. The van der Waals surface area contributed by atoms with Crippen LogP contribution in [0.1, 0.15) is 46.5 Å². The Morgan fingerprint density at radius 1 is 1.24 bits per heavy atom. The standard InChI is InChI=1S/C22H26O3/c1-13(20(24)25)17-6-7-18-16-5-4-14-12-15(23)8-10-21(14,2)19(16)9-11-22(17,18)3/h4-5,8,10,12-13,17-18H,6-7,9,11H2,1-3H3,(H,24,25). The van der Waals surface area contributed by atoms with Gasteiger partial charge in [0.1, 0.15) is 0 Å². The van der Waals surface area contributed by atoms with E-state index >= 15 is 0 Å². The summed E-state index contributed by atoms with van der Waals surface area (Å²) in [6.45, 7) is 6.40. The molecule has 0 aromatic carbocycles. The summed E-state index contributed by atoms with van der Waals surface area (Å²) in [4.78, 5) is 23.3. The van der Waals surface area contributed by atoms with Crippen molar-refractivity contribution in [1.82, 2.24) is 0 Å². The van der Waals surface area contributed by atoms with Crippen LogP contribution in [0.2, 0.25) is 0 Å². The summed E-state index contributed by atoms with van der Waals surface area (Å²) >= 11 is 0. The van der Waals surface area contributed by atoms with Crippen LogP contribution in [0.25, 0.3) is 0 Å². The summed E-state index contributed by atoms with van der Waals surface area (Å²) in [6.07, 6.45) is 13.9. The van der Waals surface area contributed by atoms with Crippen LogP contribution in [0, 0.1) is 28.6 Å². The fraction of sp³-hybridized carbons (Fsp3) is 0.545. The predicted octanol–water partition coefficient (Wildman–Crippen LogP) is 4.47. The normalized spacial score (nSPS) is 40.3. The molecule has 0 amide bonds. The van der Waals surface area contributed by atoms with E-state index < -0.39 is 5.97 Å². The number of hydrogen-bond acceptors (Lipinski definition) is 2. The SMILES string of the molecule is CC(C(=O)O)C1CCC2C3=C(CCC21C)C1(C)C=CC(=O)C=C1C=C3. The molecular formula is C22H26O3. The van der Waals surface area contributed by atoms with Gasteiger partial charge in [-0.1, -0.05) is 37.6 Å². The van der Waals surface area contributed by atoms with Crippen LogP contribution in [-0.2, 0) is 9.59 Å². The first-order valence-electron chi connectivity index (χ1n) is 9.37. The number of hydrogen-bond donors (Lipinski definition) is 1. The summed E-state index contributed by atoms with van der Waals surface area (Å²) in [7, 11) is 0. The fourth-order valence-corrected chi connectivity index (χ4v) is 6.02. The zero-order chi connectivity index (χ0) is 18.0. The van der Waals surface area contributed by atoms with Crippen LogP contribution < -0.4 is 0 Å². The van der Waals surface area contributed by atoms with Gasteiger partial charge in [0, 0.05) is 5.41 Å². The van der Waals surface area contributed by atoms with E-state index in [1.165, 1.54) is 11.1 Å². The van der Waals surface area contributed by atoms with Crippen molar-refractivity contribution in [2.75, 3.05) is 0 Å². The summed E-state index contributed by atoms with van der Waals surface area (Å²) in [5.74, 6) is -0.216. The van der Waals surface area contributed by atoms with Gasteiger partial charge in [-0.25, -0.2) is 0 Å². The van der Waals surface area contributed by atoms with E-state index in [2.05, 4.69) is 32.1 Å². The Balaban J connectivity index is 1.75. The van der Waals surface area contributed by atoms with Gasteiger partial charge in [-0.15, -0.1) is 0 Å². The summed E-state index contributed by atoms with van der Waals surface area (Å²) in [6, 6.07) is 0. The molecule has 4 rings (SSSR count). The van der Waals surface area contributed by atoms with Gasteiger partial charge in [-0.05, 0) is 73.2 Å². The molecule has 0 spiro atoms. The van der Waals surface area contributed by atoms with Crippen molar-refractivity contribution in [3.8, 4) is 0 Å². The average molecular weight is 338 g/mol. The fourth-order valence-electron chi connectivity index (χ4n) is 6.02. The quantitative estimate of drug-likeness (QED) is 0.808. The van der Waals surface area contributed by atoms with E-state index in [0.29, 0.717) is 5.92 Å². The Labute approximate surface area is 149 Å². The van der Waals surface area contributed by atoms with Crippen LogP contribution in [0.4, 0.5) is 0 Å². The minimum absolute atomic E-state index is 0.0623. The molecule has 5 unspecified atom stereocenters. The lowest BCUT2D eigenvalue weighted by molar-refractivity contribution is -0.144. The zero-order valence-corrected chi connectivity index (χ0v) is 15.2. The van der Waals surface area contributed by atoms with Gasteiger partial charge in [-0.3, -0.25) is 9.59 Å². The van der Waals surface area contributed by atoms with E-state index in [1.54, 1.807) is 12.2 Å². The third-order valence-electron chi connectivity index (χ3n) is 7.59. The monoisotopic (exact) mass is 338 g/mol. The molecule has 0 aromatic heterocycles. The third kappa shape index (κ3) is 2.17. The van der Waals surface area contributed by atoms with Gasteiger partial charge in [0.25, 0.3) is 0 Å². The number of allylic oxidation sites excluding steroid dienone is 8. The molecule has 0 radical (unpaired) electrons. The summed E-state index contributed by atoms with van der Waals surface area (Å²) in [5, 5.41) is 9.53. The third-order valence-corrected chi connectivity index (χ3v) is 7.59. The number of carboxylic acids is 1. The lowest BCUT2D eigenvalue weighted by Gasteiger charge is -2.48. The number of ketones is 1. The van der Waals surface area contributed by atoms with Crippen molar-refractivity contribution >= 4 is 11.8 Å². The first kappa shape index (κ1) is 16.6. The zero-order valence-electron chi connectivity index (χ0n) is 15.2. The Kier molecular flexibility index (Phi) is 3.51. The molecule has 3 heteroatoms. The van der Waals surface area contributed by atoms with Gasteiger partial charge in [0.2, 0.25) is 0 Å².